The number of ketones is 1. The van der Waals surface area contributed by atoms with E-state index in [2.05, 4.69) is 32.2 Å². The van der Waals surface area contributed by atoms with Crippen LogP contribution >= 0.6 is 0 Å². The number of hydrogen-bond acceptors (Lipinski definition) is 7. The maximum absolute atomic E-state index is 13.7. The zero-order chi connectivity index (χ0) is 32.3. The number of pyridine rings is 1. The molecule has 4 N–H and O–H groups in total. The zero-order valence-corrected chi connectivity index (χ0v) is 26.2. The third kappa shape index (κ3) is 7.07. The van der Waals surface area contributed by atoms with Crippen LogP contribution in [0.3, 0.4) is 0 Å². The van der Waals surface area contributed by atoms with Gasteiger partial charge < -0.3 is 30.6 Å². The summed E-state index contributed by atoms with van der Waals surface area (Å²) in [6.45, 7) is 3.22. The molecular weight excluding hydrogens is 600 g/mol. The van der Waals surface area contributed by atoms with Crippen LogP contribution < -0.4 is 25.6 Å². The Bertz CT molecular complexity index is 1960. The molecular formula is C37H37F2N5O3. The lowest BCUT2D eigenvalue weighted by molar-refractivity contribution is -0.115. The summed E-state index contributed by atoms with van der Waals surface area (Å²) in [6.07, 6.45) is 6.79. The lowest BCUT2D eigenvalue weighted by Gasteiger charge is -2.30. The van der Waals surface area contributed by atoms with Gasteiger partial charge in [-0.1, -0.05) is 0 Å². The van der Waals surface area contributed by atoms with E-state index < -0.39 is 0 Å². The van der Waals surface area contributed by atoms with Crippen LogP contribution in [0.5, 0.6) is 11.5 Å². The van der Waals surface area contributed by atoms with Gasteiger partial charge in [0.1, 0.15) is 24.3 Å². The molecule has 1 unspecified atom stereocenters. The van der Waals surface area contributed by atoms with Gasteiger partial charge in [0.05, 0.1) is 11.2 Å². The first-order valence-electron chi connectivity index (χ1n) is 16.1. The molecule has 2 aliphatic carbocycles. The van der Waals surface area contributed by atoms with Gasteiger partial charge in [-0.25, -0.2) is 8.78 Å². The van der Waals surface area contributed by atoms with Crippen LogP contribution in [-0.4, -0.2) is 41.0 Å². The summed E-state index contributed by atoms with van der Waals surface area (Å²) < 4.78 is 38.6. The third-order valence-electron chi connectivity index (χ3n) is 8.83. The molecule has 0 saturated heterocycles. The second kappa shape index (κ2) is 13.4. The highest BCUT2D eigenvalue weighted by Crippen LogP contribution is 2.38. The number of allylic oxidation sites excluding steroid dienone is 2. The number of benzene rings is 3. The number of fused-ring (bicyclic) bond motifs is 6. The van der Waals surface area contributed by atoms with Crippen molar-refractivity contribution in [3.8, 4) is 11.5 Å². The van der Waals surface area contributed by atoms with E-state index in [0.717, 1.165) is 82.5 Å². The molecule has 2 aromatic heterocycles. The molecule has 10 heteroatoms. The minimum Gasteiger partial charge on any atom is -0.486 e. The van der Waals surface area contributed by atoms with Gasteiger partial charge in [-0.2, -0.15) is 0 Å². The fraction of sp³-hybridized carbons (Fsp3) is 0.297. The SMILES string of the molecule is Cc1ccc2c3c(ccc2n1)OC[C@H](CNC1CCc2c([nH]c4ccc(F)cc24)C1)O3.O=C1C=C(NNc2ccc(F)cc2)CCC1. The summed E-state index contributed by atoms with van der Waals surface area (Å²) in [5.74, 6) is 1.27. The fourth-order valence-corrected chi connectivity index (χ4v) is 6.43. The first kappa shape index (κ1) is 30.7. The second-order valence-electron chi connectivity index (χ2n) is 12.3. The maximum atomic E-state index is 13.7. The van der Waals surface area contributed by atoms with E-state index in [0.29, 0.717) is 25.6 Å². The quantitative estimate of drug-likeness (QED) is 0.152. The molecule has 3 heterocycles. The molecule has 5 aromatic rings. The summed E-state index contributed by atoms with van der Waals surface area (Å²) in [7, 11) is 0. The Morgan fingerprint density at radius 2 is 1.79 bits per heavy atom. The Hall–Kier alpha value is -4.96. The van der Waals surface area contributed by atoms with Crippen molar-refractivity contribution in [2.45, 2.75) is 57.6 Å². The summed E-state index contributed by atoms with van der Waals surface area (Å²) in [5, 5.41) is 5.67. The number of carbonyl (C=O) groups is 1. The molecule has 0 amide bonds. The van der Waals surface area contributed by atoms with Gasteiger partial charge in [-0.15, -0.1) is 0 Å². The monoisotopic (exact) mass is 637 g/mol. The first-order valence-corrected chi connectivity index (χ1v) is 16.1. The number of nitrogens with one attached hydrogen (secondary N) is 4. The van der Waals surface area contributed by atoms with Crippen LogP contribution in [0.1, 0.15) is 42.6 Å². The fourth-order valence-electron chi connectivity index (χ4n) is 6.43. The van der Waals surface area contributed by atoms with E-state index in [1.54, 1.807) is 24.3 Å². The molecule has 8 nitrogen and oxygen atoms in total. The normalized spacial score (nSPS) is 18.6. The lowest BCUT2D eigenvalue weighted by atomic mass is 9.91. The first-order chi connectivity index (χ1) is 22.9. The number of hydrazine groups is 1. The highest BCUT2D eigenvalue weighted by molar-refractivity contribution is 5.91. The van der Waals surface area contributed by atoms with Crippen LogP contribution in [0.4, 0.5) is 14.5 Å². The molecule has 0 saturated carbocycles. The van der Waals surface area contributed by atoms with Crippen molar-refractivity contribution < 1.29 is 23.0 Å². The van der Waals surface area contributed by atoms with Crippen LogP contribution in [0, 0.1) is 18.6 Å². The van der Waals surface area contributed by atoms with Crippen molar-refractivity contribution >= 4 is 33.3 Å². The van der Waals surface area contributed by atoms with E-state index in [-0.39, 0.29) is 23.5 Å². The number of carbonyl (C=O) groups excluding carboxylic acids is 1. The average molecular weight is 638 g/mol. The highest BCUT2D eigenvalue weighted by Gasteiger charge is 2.27. The van der Waals surface area contributed by atoms with Gasteiger partial charge >= 0.3 is 0 Å². The summed E-state index contributed by atoms with van der Waals surface area (Å²) in [6, 6.07) is 19.3. The van der Waals surface area contributed by atoms with Crippen molar-refractivity contribution in [3.05, 3.63) is 107 Å². The number of aryl methyl sites for hydroxylation is 2. The molecule has 8 rings (SSSR count). The van der Waals surface area contributed by atoms with Gasteiger partial charge in [-0.3, -0.25) is 9.78 Å². The molecule has 0 fully saturated rings. The number of H-pyrrole nitrogens is 1. The number of aromatic amines is 1. The van der Waals surface area contributed by atoms with E-state index in [1.165, 1.54) is 29.5 Å². The Kier molecular flexibility index (Phi) is 8.76. The predicted molar refractivity (Wildman–Crippen MR) is 179 cm³/mol. The van der Waals surface area contributed by atoms with E-state index in [4.69, 9.17) is 9.47 Å². The second-order valence-corrected chi connectivity index (χ2v) is 12.3. The van der Waals surface area contributed by atoms with E-state index in [9.17, 15) is 13.6 Å². The van der Waals surface area contributed by atoms with Crippen molar-refractivity contribution in [1.29, 1.82) is 0 Å². The maximum Gasteiger partial charge on any atom is 0.171 e. The molecule has 0 radical (unpaired) electrons. The van der Waals surface area contributed by atoms with E-state index in [1.807, 2.05) is 31.2 Å². The molecule has 2 atom stereocenters. The number of nitrogens with zero attached hydrogens (tertiary/aromatic N) is 1. The summed E-state index contributed by atoms with van der Waals surface area (Å²) in [5.41, 5.74) is 12.9. The number of rotatable bonds is 6. The number of hydrogen-bond donors (Lipinski definition) is 4. The smallest absolute Gasteiger partial charge is 0.171 e. The van der Waals surface area contributed by atoms with Gasteiger partial charge in [-0.05, 0) is 105 Å². The average Bonchev–Trinajstić information content (AvgIpc) is 3.44. The van der Waals surface area contributed by atoms with Crippen molar-refractivity contribution in [3.63, 3.8) is 0 Å². The number of aromatic nitrogens is 2. The number of halogens is 2. The molecule has 3 aliphatic rings. The van der Waals surface area contributed by atoms with Gasteiger partial charge in [0, 0.05) is 64.9 Å². The van der Waals surface area contributed by atoms with Gasteiger partial charge in [0.15, 0.2) is 17.3 Å². The number of anilines is 1. The van der Waals surface area contributed by atoms with Crippen LogP contribution in [0.15, 0.2) is 78.5 Å². The summed E-state index contributed by atoms with van der Waals surface area (Å²) in [4.78, 5) is 19.2. The van der Waals surface area contributed by atoms with Gasteiger partial charge in [0.25, 0.3) is 0 Å². The predicted octanol–water partition coefficient (Wildman–Crippen LogP) is 6.83. The van der Waals surface area contributed by atoms with Crippen LogP contribution in [0.2, 0.25) is 0 Å². The molecule has 3 aromatic carbocycles. The molecule has 1 aliphatic heterocycles. The molecule has 0 bridgehead atoms. The molecule has 242 valence electrons. The Balaban J connectivity index is 0.000000185. The minimum absolute atomic E-state index is 0.0578. The summed E-state index contributed by atoms with van der Waals surface area (Å²) >= 11 is 0. The van der Waals surface area contributed by atoms with Crippen molar-refractivity contribution in [2.75, 3.05) is 18.6 Å². The zero-order valence-electron chi connectivity index (χ0n) is 26.2. The van der Waals surface area contributed by atoms with E-state index >= 15 is 0 Å². The highest BCUT2D eigenvalue weighted by atomic mass is 19.1. The van der Waals surface area contributed by atoms with Crippen LogP contribution in [-0.2, 0) is 17.6 Å². The standard InChI is InChI=1S/C25H24FN3O2.C12H13FN2O/c1-14-2-5-19-21(28-14)8-9-24-25(19)31-17(13-30-24)12-27-16-4-6-18-20-10-15(26)3-7-22(20)29-23(18)11-16;13-9-4-6-10(7-5-9)14-15-11-2-1-3-12(16)8-11/h2-3,5,7-10,16-17,27,29H,4,6,11-13H2,1H3;4-8,14-15H,1-3H2/t16?,17-;/m0./s1. The minimum atomic E-state index is -0.266. The van der Waals surface area contributed by atoms with Gasteiger partial charge in [0.2, 0.25) is 0 Å². The topological polar surface area (TPSA) is 100 Å². The Morgan fingerprint density at radius 3 is 2.64 bits per heavy atom. The van der Waals surface area contributed by atoms with Crippen LogP contribution in [0.25, 0.3) is 21.8 Å². The van der Waals surface area contributed by atoms with Crippen molar-refractivity contribution in [2.24, 2.45) is 0 Å². The third-order valence-corrected chi connectivity index (χ3v) is 8.83. The van der Waals surface area contributed by atoms with Crippen molar-refractivity contribution in [1.82, 2.24) is 20.7 Å². The number of ether oxygens (including phenoxy) is 2. The largest absolute Gasteiger partial charge is 0.486 e. The molecule has 0 spiro atoms. The Labute approximate surface area is 271 Å². The Morgan fingerprint density at radius 1 is 0.936 bits per heavy atom. The molecule has 47 heavy (non-hydrogen) atoms. The lowest BCUT2D eigenvalue weighted by Crippen LogP contribution is -2.44.